The fourth-order valence-corrected chi connectivity index (χ4v) is 3.47. The molecule has 0 aromatic carbocycles. The predicted octanol–water partition coefficient (Wildman–Crippen LogP) is 2.18. The minimum atomic E-state index is -0.241. The van der Waals surface area contributed by atoms with E-state index in [4.69, 9.17) is 15.2 Å². The van der Waals surface area contributed by atoms with Gasteiger partial charge in [0.25, 0.3) is 0 Å². The van der Waals surface area contributed by atoms with Crippen LogP contribution in [0.2, 0.25) is 0 Å². The van der Waals surface area contributed by atoms with Gasteiger partial charge in [-0.25, -0.2) is 9.97 Å². The van der Waals surface area contributed by atoms with Crippen molar-refractivity contribution in [1.29, 1.82) is 0 Å². The second-order valence-electron chi connectivity index (χ2n) is 6.79. The molecule has 3 N–H and O–H groups in total. The number of ether oxygens (including phenoxy) is 2. The second-order valence-corrected chi connectivity index (χ2v) is 6.79. The molecule has 7 heteroatoms. The maximum Gasteiger partial charge on any atom is 0.142 e. The lowest BCUT2D eigenvalue weighted by Crippen LogP contribution is -2.48. The van der Waals surface area contributed by atoms with E-state index in [1.165, 1.54) is 0 Å². The highest BCUT2D eigenvalue weighted by atomic mass is 16.5. The number of pyridine rings is 2. The van der Waals surface area contributed by atoms with Crippen LogP contribution in [0.1, 0.15) is 12.8 Å². The number of methoxy groups -OCH3 is 1. The van der Waals surface area contributed by atoms with E-state index in [-0.39, 0.29) is 5.60 Å². The van der Waals surface area contributed by atoms with Crippen molar-refractivity contribution in [1.82, 2.24) is 19.9 Å². The molecule has 0 aliphatic carbocycles. The van der Waals surface area contributed by atoms with Crippen LogP contribution in [0, 0.1) is 0 Å². The Morgan fingerprint density at radius 1 is 1.32 bits per heavy atom. The molecule has 0 bridgehead atoms. The molecule has 0 radical (unpaired) electrons. The summed E-state index contributed by atoms with van der Waals surface area (Å²) in [5.41, 5.74) is 7.29. The molecule has 4 heterocycles. The quantitative estimate of drug-likeness (QED) is 0.756. The minimum Gasteiger partial charge on any atom is -0.490 e. The number of nitrogen functional groups attached to an aromatic ring is 1. The number of nitrogens with one attached hydrogen (secondary N) is 1. The summed E-state index contributed by atoms with van der Waals surface area (Å²) >= 11 is 0. The van der Waals surface area contributed by atoms with Crippen LogP contribution in [-0.2, 0) is 4.74 Å². The van der Waals surface area contributed by atoms with Crippen LogP contribution in [0.25, 0.3) is 21.9 Å². The Labute approximate surface area is 146 Å². The number of aromatic nitrogens is 3. The first-order valence-electron chi connectivity index (χ1n) is 8.49. The first kappa shape index (κ1) is 16.1. The Morgan fingerprint density at radius 2 is 2.12 bits per heavy atom. The number of piperidine rings is 1. The number of rotatable bonds is 4. The molecule has 1 aliphatic rings. The van der Waals surface area contributed by atoms with E-state index in [9.17, 15) is 0 Å². The van der Waals surface area contributed by atoms with Crippen molar-refractivity contribution in [2.45, 2.75) is 18.4 Å². The van der Waals surface area contributed by atoms with E-state index >= 15 is 0 Å². The van der Waals surface area contributed by atoms with Gasteiger partial charge >= 0.3 is 0 Å². The maximum atomic E-state index is 6.23. The Bertz CT molecular complexity index is 899. The van der Waals surface area contributed by atoms with Gasteiger partial charge in [0.2, 0.25) is 0 Å². The van der Waals surface area contributed by atoms with Crippen molar-refractivity contribution in [3.05, 3.63) is 24.5 Å². The van der Waals surface area contributed by atoms with Crippen LogP contribution in [0.3, 0.4) is 0 Å². The average Bonchev–Trinajstić information content (AvgIpc) is 3.00. The predicted molar refractivity (Wildman–Crippen MR) is 97.8 cm³/mol. The molecular formula is C18H23N5O2. The van der Waals surface area contributed by atoms with Gasteiger partial charge < -0.3 is 25.1 Å². The number of nitrogens with zero attached hydrogens (tertiary/aromatic N) is 3. The average molecular weight is 341 g/mol. The summed E-state index contributed by atoms with van der Waals surface area (Å²) in [6.45, 7) is 2.54. The number of hydrogen-bond donors (Lipinski definition) is 2. The van der Waals surface area contributed by atoms with Crippen molar-refractivity contribution >= 4 is 27.8 Å². The van der Waals surface area contributed by atoms with Crippen molar-refractivity contribution in [3.63, 3.8) is 0 Å². The molecule has 132 valence electrons. The molecule has 1 aliphatic heterocycles. The lowest BCUT2D eigenvalue weighted by molar-refractivity contribution is -0.0795. The SMILES string of the molecule is COC1(COc2ccnc3[nH]c4cnc(N)cc4c23)CCN(C)CC1. The Kier molecular flexibility index (Phi) is 3.97. The van der Waals surface area contributed by atoms with E-state index in [1.807, 2.05) is 12.1 Å². The summed E-state index contributed by atoms with van der Waals surface area (Å²) in [6.07, 6.45) is 5.39. The fourth-order valence-electron chi connectivity index (χ4n) is 3.47. The number of aromatic amines is 1. The van der Waals surface area contributed by atoms with E-state index in [1.54, 1.807) is 19.5 Å². The molecule has 25 heavy (non-hydrogen) atoms. The van der Waals surface area contributed by atoms with E-state index in [0.29, 0.717) is 12.4 Å². The van der Waals surface area contributed by atoms with Gasteiger partial charge in [-0.3, -0.25) is 0 Å². The number of anilines is 1. The first-order valence-corrected chi connectivity index (χ1v) is 8.49. The number of fused-ring (bicyclic) bond motifs is 3. The molecule has 0 spiro atoms. The van der Waals surface area contributed by atoms with Gasteiger partial charge in [0.15, 0.2) is 0 Å². The van der Waals surface area contributed by atoms with E-state index in [2.05, 4.69) is 26.9 Å². The number of H-pyrrole nitrogens is 1. The molecule has 0 unspecified atom stereocenters. The highest BCUT2D eigenvalue weighted by molar-refractivity contribution is 6.09. The van der Waals surface area contributed by atoms with Crippen molar-refractivity contribution in [2.75, 3.05) is 39.6 Å². The number of hydrogen-bond acceptors (Lipinski definition) is 6. The third-order valence-electron chi connectivity index (χ3n) is 5.18. The number of nitrogens with two attached hydrogens (primary N) is 1. The summed E-state index contributed by atoms with van der Waals surface area (Å²) in [5, 5.41) is 1.91. The van der Waals surface area contributed by atoms with Crippen LogP contribution in [0.4, 0.5) is 5.82 Å². The largest absolute Gasteiger partial charge is 0.490 e. The third kappa shape index (κ3) is 2.89. The molecule has 3 aromatic heterocycles. The zero-order chi connectivity index (χ0) is 17.4. The van der Waals surface area contributed by atoms with E-state index in [0.717, 1.165) is 53.6 Å². The first-order chi connectivity index (χ1) is 12.1. The zero-order valence-electron chi connectivity index (χ0n) is 14.6. The fraction of sp³-hybridized carbons (Fsp3) is 0.444. The van der Waals surface area contributed by atoms with Gasteiger partial charge in [-0.15, -0.1) is 0 Å². The van der Waals surface area contributed by atoms with Gasteiger partial charge in [0.05, 0.1) is 17.1 Å². The molecule has 7 nitrogen and oxygen atoms in total. The Balaban J connectivity index is 1.67. The summed E-state index contributed by atoms with van der Waals surface area (Å²) < 4.78 is 12.1. The normalized spacial score (nSPS) is 18.0. The highest BCUT2D eigenvalue weighted by Gasteiger charge is 2.34. The molecule has 4 rings (SSSR count). The topological polar surface area (TPSA) is 89.3 Å². The van der Waals surface area contributed by atoms with Gasteiger partial charge in [0.1, 0.15) is 29.4 Å². The highest BCUT2D eigenvalue weighted by Crippen LogP contribution is 2.34. The molecular weight excluding hydrogens is 318 g/mol. The third-order valence-corrected chi connectivity index (χ3v) is 5.18. The minimum absolute atomic E-state index is 0.241. The van der Waals surface area contributed by atoms with Gasteiger partial charge in [-0.2, -0.15) is 0 Å². The Morgan fingerprint density at radius 3 is 2.88 bits per heavy atom. The van der Waals surface area contributed by atoms with Gasteiger partial charge in [-0.1, -0.05) is 0 Å². The molecule has 1 saturated heterocycles. The molecule has 0 amide bonds. The van der Waals surface area contributed by atoms with Crippen molar-refractivity contribution < 1.29 is 9.47 Å². The van der Waals surface area contributed by atoms with Crippen molar-refractivity contribution in [3.8, 4) is 5.75 Å². The monoisotopic (exact) mass is 341 g/mol. The standard InChI is InChI=1S/C18H23N5O2/c1-23-7-4-18(24-2,5-8-23)11-25-14-3-6-20-17-16(14)12-9-15(19)21-10-13(12)22-17/h3,6,9-10H,4-5,7-8,11H2,1-2H3,(H2,19,21)(H,20,22). The van der Waals surface area contributed by atoms with Gasteiger partial charge in [-0.05, 0) is 32.0 Å². The molecule has 1 fully saturated rings. The van der Waals surface area contributed by atoms with Crippen LogP contribution in [-0.4, -0.2) is 59.3 Å². The Hall–Kier alpha value is -2.38. The maximum absolute atomic E-state index is 6.23. The smallest absolute Gasteiger partial charge is 0.142 e. The van der Waals surface area contributed by atoms with Crippen LogP contribution < -0.4 is 10.5 Å². The zero-order valence-corrected chi connectivity index (χ0v) is 14.6. The molecule has 0 atom stereocenters. The van der Waals surface area contributed by atoms with Gasteiger partial charge in [0, 0.05) is 31.8 Å². The lowest BCUT2D eigenvalue weighted by atomic mass is 9.92. The van der Waals surface area contributed by atoms with Crippen LogP contribution in [0.15, 0.2) is 24.5 Å². The number of likely N-dealkylation sites (tertiary alicyclic amines) is 1. The summed E-state index contributed by atoms with van der Waals surface area (Å²) in [6, 6.07) is 3.74. The lowest BCUT2D eigenvalue weighted by Gasteiger charge is -2.39. The summed E-state index contributed by atoms with van der Waals surface area (Å²) in [7, 11) is 3.91. The van der Waals surface area contributed by atoms with Crippen molar-refractivity contribution in [2.24, 2.45) is 0 Å². The van der Waals surface area contributed by atoms with E-state index < -0.39 is 0 Å². The second kappa shape index (κ2) is 6.16. The van der Waals surface area contributed by atoms with Crippen LogP contribution >= 0.6 is 0 Å². The summed E-state index contributed by atoms with van der Waals surface area (Å²) in [5.74, 6) is 1.27. The summed E-state index contributed by atoms with van der Waals surface area (Å²) in [4.78, 5) is 14.1. The molecule has 3 aromatic rings. The molecule has 0 saturated carbocycles. The van der Waals surface area contributed by atoms with Crippen LogP contribution in [0.5, 0.6) is 5.75 Å².